The van der Waals surface area contributed by atoms with Crippen LogP contribution < -0.4 is 16.0 Å². The van der Waals surface area contributed by atoms with E-state index in [1.165, 1.54) is 11.1 Å². The van der Waals surface area contributed by atoms with Crippen LogP contribution in [0.1, 0.15) is 30.4 Å². The molecule has 0 aliphatic carbocycles. The molecule has 0 heterocycles. The van der Waals surface area contributed by atoms with E-state index in [0.717, 1.165) is 6.42 Å². The summed E-state index contributed by atoms with van der Waals surface area (Å²) < 4.78 is 0. The van der Waals surface area contributed by atoms with Gasteiger partial charge in [-0.15, -0.1) is 0 Å². The van der Waals surface area contributed by atoms with Crippen LogP contribution in [-0.4, -0.2) is 24.5 Å². The van der Waals surface area contributed by atoms with Gasteiger partial charge in [0.25, 0.3) is 0 Å². The molecular formula is C25H26ClN3O2. The van der Waals surface area contributed by atoms with Crippen molar-refractivity contribution in [3.63, 3.8) is 0 Å². The van der Waals surface area contributed by atoms with Crippen LogP contribution in [0.2, 0.25) is 5.02 Å². The quantitative estimate of drug-likeness (QED) is 0.455. The molecule has 0 spiro atoms. The van der Waals surface area contributed by atoms with Gasteiger partial charge in [0.15, 0.2) is 0 Å². The molecule has 0 aliphatic rings. The van der Waals surface area contributed by atoms with Crippen LogP contribution in [0.5, 0.6) is 0 Å². The Kier molecular flexibility index (Phi) is 8.07. The van der Waals surface area contributed by atoms with E-state index in [1.54, 1.807) is 31.2 Å². The number of hydrogen-bond acceptors (Lipinski definition) is 2. The Balaban J connectivity index is 1.52. The van der Waals surface area contributed by atoms with E-state index >= 15 is 0 Å². The van der Waals surface area contributed by atoms with Crippen LogP contribution in [-0.2, 0) is 4.79 Å². The fourth-order valence-electron chi connectivity index (χ4n) is 3.38. The number of carbonyl (C=O) groups is 2. The maximum Gasteiger partial charge on any atom is 0.319 e. The minimum atomic E-state index is -0.675. The van der Waals surface area contributed by atoms with E-state index in [4.69, 9.17) is 11.6 Å². The Bertz CT molecular complexity index is 956. The van der Waals surface area contributed by atoms with Gasteiger partial charge in [-0.3, -0.25) is 4.79 Å². The van der Waals surface area contributed by atoms with Crippen molar-refractivity contribution >= 4 is 29.2 Å². The summed E-state index contributed by atoms with van der Waals surface area (Å²) in [4.78, 5) is 24.6. The third-order valence-electron chi connectivity index (χ3n) is 4.96. The molecule has 0 aliphatic heterocycles. The second-order valence-corrected chi connectivity index (χ2v) is 7.72. The lowest BCUT2D eigenvalue weighted by molar-refractivity contribution is -0.122. The molecule has 1 unspecified atom stereocenters. The summed E-state index contributed by atoms with van der Waals surface area (Å²) in [5.74, 6) is -0.0572. The molecule has 0 radical (unpaired) electrons. The van der Waals surface area contributed by atoms with Gasteiger partial charge in [-0.25, -0.2) is 4.79 Å². The van der Waals surface area contributed by atoms with Gasteiger partial charge in [-0.1, -0.05) is 78.3 Å². The van der Waals surface area contributed by atoms with Crippen LogP contribution in [0.15, 0.2) is 84.9 Å². The molecular weight excluding hydrogens is 410 g/mol. The van der Waals surface area contributed by atoms with Crippen molar-refractivity contribution in [2.24, 2.45) is 0 Å². The third-order valence-corrected chi connectivity index (χ3v) is 5.19. The van der Waals surface area contributed by atoms with Crippen molar-refractivity contribution in [2.45, 2.75) is 25.3 Å². The number of carbonyl (C=O) groups excluding carboxylic acids is 2. The number of amides is 3. The molecule has 6 heteroatoms. The molecule has 1 atom stereocenters. The molecule has 0 aromatic heterocycles. The summed E-state index contributed by atoms with van der Waals surface area (Å²) >= 11 is 5.92. The van der Waals surface area contributed by atoms with Gasteiger partial charge in [0.2, 0.25) is 5.91 Å². The van der Waals surface area contributed by atoms with Crippen molar-refractivity contribution in [1.82, 2.24) is 10.6 Å². The predicted molar refractivity (Wildman–Crippen MR) is 125 cm³/mol. The Morgan fingerprint density at radius 3 is 2.06 bits per heavy atom. The summed E-state index contributed by atoms with van der Waals surface area (Å²) in [6, 6.07) is 26.2. The smallest absolute Gasteiger partial charge is 0.319 e. The van der Waals surface area contributed by atoms with E-state index in [1.807, 2.05) is 36.4 Å². The Hall–Kier alpha value is -3.31. The van der Waals surface area contributed by atoms with Crippen molar-refractivity contribution in [3.05, 3.63) is 101 Å². The van der Waals surface area contributed by atoms with Gasteiger partial charge in [0.1, 0.15) is 6.04 Å². The maximum absolute atomic E-state index is 12.5. The zero-order valence-electron chi connectivity index (χ0n) is 17.3. The second kappa shape index (κ2) is 11.2. The number of hydrogen-bond donors (Lipinski definition) is 3. The molecule has 3 N–H and O–H groups in total. The number of urea groups is 1. The van der Waals surface area contributed by atoms with Crippen molar-refractivity contribution in [2.75, 3.05) is 11.9 Å². The fraction of sp³-hybridized carbons (Fsp3) is 0.200. The molecule has 3 rings (SSSR count). The van der Waals surface area contributed by atoms with Crippen LogP contribution in [0.3, 0.4) is 0 Å². The van der Waals surface area contributed by atoms with Crippen molar-refractivity contribution in [1.29, 1.82) is 0 Å². The zero-order valence-corrected chi connectivity index (χ0v) is 18.1. The highest BCUT2D eigenvalue weighted by Crippen LogP contribution is 2.27. The Labute approximate surface area is 187 Å². The molecule has 0 saturated heterocycles. The molecule has 0 bridgehead atoms. The molecule has 3 aromatic rings. The van der Waals surface area contributed by atoms with Gasteiger partial charge in [0, 0.05) is 23.2 Å². The van der Waals surface area contributed by atoms with E-state index in [-0.39, 0.29) is 11.8 Å². The summed E-state index contributed by atoms with van der Waals surface area (Å²) in [6.07, 6.45) is 0.751. The first-order chi connectivity index (χ1) is 15.0. The molecule has 160 valence electrons. The molecule has 0 saturated carbocycles. The average molecular weight is 436 g/mol. The van der Waals surface area contributed by atoms with Gasteiger partial charge in [0.05, 0.1) is 0 Å². The maximum atomic E-state index is 12.5. The molecule has 3 amide bonds. The predicted octanol–water partition coefficient (Wildman–Crippen LogP) is 5.19. The lowest BCUT2D eigenvalue weighted by atomic mass is 9.88. The van der Waals surface area contributed by atoms with Crippen molar-refractivity contribution in [3.8, 4) is 0 Å². The minimum absolute atomic E-state index is 0.178. The number of benzene rings is 3. The normalized spacial score (nSPS) is 11.6. The van der Waals surface area contributed by atoms with Crippen LogP contribution in [0.4, 0.5) is 10.5 Å². The standard InChI is InChI=1S/C25H26ClN3O2/c1-18(28-25(31)29-22-14-8-13-21(26)17-22)24(30)27-16-15-23(19-9-4-2-5-10-19)20-11-6-3-7-12-20/h2-14,17-18,23H,15-16H2,1H3,(H,27,30)(H2,28,29,31). The van der Waals surface area contributed by atoms with Gasteiger partial charge in [-0.05, 0) is 42.7 Å². The van der Waals surface area contributed by atoms with Crippen LogP contribution in [0.25, 0.3) is 0 Å². The summed E-state index contributed by atoms with van der Waals surface area (Å²) in [5, 5.41) is 8.77. The topological polar surface area (TPSA) is 70.2 Å². The SMILES string of the molecule is CC(NC(=O)Nc1cccc(Cl)c1)C(=O)NCCC(c1ccccc1)c1ccccc1. The highest BCUT2D eigenvalue weighted by atomic mass is 35.5. The lowest BCUT2D eigenvalue weighted by Crippen LogP contribution is -2.46. The van der Waals surface area contributed by atoms with Gasteiger partial charge >= 0.3 is 6.03 Å². The molecule has 0 fully saturated rings. The zero-order chi connectivity index (χ0) is 22.1. The van der Waals surface area contributed by atoms with E-state index < -0.39 is 12.1 Å². The summed E-state index contributed by atoms with van der Waals surface area (Å²) in [5.41, 5.74) is 2.97. The first-order valence-corrected chi connectivity index (χ1v) is 10.6. The minimum Gasteiger partial charge on any atom is -0.354 e. The Morgan fingerprint density at radius 2 is 1.48 bits per heavy atom. The van der Waals surface area contributed by atoms with Gasteiger partial charge in [-0.2, -0.15) is 0 Å². The number of nitrogens with one attached hydrogen (secondary N) is 3. The third kappa shape index (κ3) is 6.86. The fourth-order valence-corrected chi connectivity index (χ4v) is 3.58. The highest BCUT2D eigenvalue weighted by Gasteiger charge is 2.18. The molecule has 5 nitrogen and oxygen atoms in total. The van der Waals surface area contributed by atoms with Crippen molar-refractivity contribution < 1.29 is 9.59 Å². The monoisotopic (exact) mass is 435 g/mol. The lowest BCUT2D eigenvalue weighted by Gasteiger charge is -2.20. The molecule has 3 aromatic carbocycles. The van der Waals surface area contributed by atoms with E-state index in [0.29, 0.717) is 17.3 Å². The highest BCUT2D eigenvalue weighted by molar-refractivity contribution is 6.30. The number of halogens is 1. The summed E-state index contributed by atoms with van der Waals surface area (Å²) in [7, 11) is 0. The van der Waals surface area contributed by atoms with Crippen LogP contribution in [0, 0.1) is 0 Å². The Morgan fingerprint density at radius 1 is 0.871 bits per heavy atom. The summed E-state index contributed by atoms with van der Waals surface area (Å²) in [6.45, 7) is 2.15. The first-order valence-electron chi connectivity index (χ1n) is 10.2. The van der Waals surface area contributed by atoms with Crippen LogP contribution >= 0.6 is 11.6 Å². The average Bonchev–Trinajstić information content (AvgIpc) is 2.77. The first kappa shape index (κ1) is 22.4. The van der Waals surface area contributed by atoms with Gasteiger partial charge < -0.3 is 16.0 Å². The number of rotatable bonds is 8. The molecule has 31 heavy (non-hydrogen) atoms. The number of anilines is 1. The van der Waals surface area contributed by atoms with E-state index in [2.05, 4.69) is 40.2 Å². The van der Waals surface area contributed by atoms with E-state index in [9.17, 15) is 9.59 Å². The second-order valence-electron chi connectivity index (χ2n) is 7.28. The largest absolute Gasteiger partial charge is 0.354 e.